The molecule has 0 aliphatic rings. The quantitative estimate of drug-likeness (QED) is 0.311. The molecule has 0 atom stereocenters. The van der Waals surface area contributed by atoms with E-state index in [4.69, 9.17) is 51.4 Å². The van der Waals surface area contributed by atoms with Gasteiger partial charge in [0, 0.05) is 20.1 Å². The number of hydrogen-bond acceptors (Lipinski definition) is 1. The lowest BCUT2D eigenvalue weighted by atomic mass is 10.2. The summed E-state index contributed by atoms with van der Waals surface area (Å²) in [5.74, 6) is 0.795. The Morgan fingerprint density at radius 1 is 0.786 bits per heavy atom. The second kappa shape index (κ2) is 8.18. The number of aromatic nitrogens is 2. The predicted octanol–water partition coefficient (Wildman–Crippen LogP) is 7.87. The van der Waals surface area contributed by atoms with Gasteiger partial charge in [-0.15, -0.1) is 0 Å². The summed E-state index contributed by atoms with van der Waals surface area (Å²) in [4.78, 5) is 4.75. The highest BCUT2D eigenvalue weighted by molar-refractivity contribution is 6.35. The summed E-state index contributed by atoms with van der Waals surface area (Å²) < 4.78 is 2.10. The summed E-state index contributed by atoms with van der Waals surface area (Å²) in [6.07, 6.45) is 3.86. The fraction of sp³-hybridized carbons (Fsp3) is 0.0455. The van der Waals surface area contributed by atoms with E-state index in [0.717, 1.165) is 28.0 Å². The number of imidazole rings is 1. The molecule has 0 unspecified atom stereocenters. The topological polar surface area (TPSA) is 17.8 Å². The van der Waals surface area contributed by atoms with Gasteiger partial charge in [-0.05, 0) is 65.7 Å². The van der Waals surface area contributed by atoms with Gasteiger partial charge in [-0.1, -0.05) is 64.6 Å². The van der Waals surface area contributed by atoms with Crippen molar-refractivity contribution >= 4 is 69.6 Å². The van der Waals surface area contributed by atoms with Crippen LogP contribution in [-0.4, -0.2) is 9.55 Å². The van der Waals surface area contributed by atoms with Crippen molar-refractivity contribution < 1.29 is 0 Å². The second-order valence-corrected chi connectivity index (χ2v) is 7.97. The van der Waals surface area contributed by atoms with Gasteiger partial charge < -0.3 is 4.57 Å². The number of halogens is 4. The first-order chi connectivity index (χ1) is 13.5. The number of fused-ring (bicyclic) bond motifs is 1. The van der Waals surface area contributed by atoms with E-state index in [2.05, 4.69) is 4.57 Å². The predicted molar refractivity (Wildman–Crippen MR) is 121 cm³/mol. The van der Waals surface area contributed by atoms with Crippen LogP contribution in [0.5, 0.6) is 0 Å². The van der Waals surface area contributed by atoms with Crippen molar-refractivity contribution in [3.05, 3.63) is 97.7 Å². The van der Waals surface area contributed by atoms with Crippen LogP contribution in [0.25, 0.3) is 23.2 Å². The maximum Gasteiger partial charge on any atom is 0.134 e. The van der Waals surface area contributed by atoms with Gasteiger partial charge in [0.15, 0.2) is 0 Å². The Morgan fingerprint density at radius 2 is 1.54 bits per heavy atom. The molecule has 1 aromatic heterocycles. The Morgan fingerprint density at radius 3 is 2.36 bits per heavy atom. The van der Waals surface area contributed by atoms with Crippen LogP contribution in [0.2, 0.25) is 20.1 Å². The van der Waals surface area contributed by atoms with Gasteiger partial charge in [-0.2, -0.15) is 0 Å². The van der Waals surface area contributed by atoms with Gasteiger partial charge in [0.1, 0.15) is 5.82 Å². The van der Waals surface area contributed by atoms with Crippen molar-refractivity contribution in [2.24, 2.45) is 0 Å². The normalized spacial score (nSPS) is 11.6. The molecule has 4 aromatic rings. The van der Waals surface area contributed by atoms with E-state index in [-0.39, 0.29) is 0 Å². The molecule has 6 heteroatoms. The molecule has 4 rings (SSSR count). The van der Waals surface area contributed by atoms with E-state index in [0.29, 0.717) is 26.6 Å². The molecule has 0 fully saturated rings. The molecule has 0 bridgehead atoms. The largest absolute Gasteiger partial charge is 0.320 e. The first-order valence-electron chi connectivity index (χ1n) is 8.53. The standard InChI is InChI=1S/C22H14Cl4N2/c23-16-8-9-18(25)15(11-16)13-28-21-4-2-1-3-20(21)27-22(28)10-6-14-5-7-17(24)12-19(14)26/h1-12H,13H2/b10-6+. The third-order valence-electron chi connectivity index (χ3n) is 4.39. The summed E-state index contributed by atoms with van der Waals surface area (Å²) in [6.45, 7) is 0.550. The zero-order chi connectivity index (χ0) is 19.7. The Balaban J connectivity index is 1.79. The molecule has 0 aliphatic carbocycles. The first-order valence-corrected chi connectivity index (χ1v) is 10.0. The highest BCUT2D eigenvalue weighted by atomic mass is 35.5. The fourth-order valence-electron chi connectivity index (χ4n) is 3.02. The minimum atomic E-state index is 0.550. The molecule has 0 amide bonds. The molecule has 3 aromatic carbocycles. The van der Waals surface area contributed by atoms with Crippen LogP contribution in [0.1, 0.15) is 17.0 Å². The third kappa shape index (κ3) is 4.06. The molecule has 0 saturated heterocycles. The summed E-state index contributed by atoms with van der Waals surface area (Å²) >= 11 is 24.8. The van der Waals surface area contributed by atoms with Gasteiger partial charge in [-0.25, -0.2) is 4.98 Å². The molecule has 0 spiro atoms. The lowest BCUT2D eigenvalue weighted by molar-refractivity contribution is 0.814. The highest BCUT2D eigenvalue weighted by Crippen LogP contribution is 2.26. The molecule has 0 radical (unpaired) electrons. The smallest absolute Gasteiger partial charge is 0.134 e. The van der Waals surface area contributed by atoms with E-state index in [9.17, 15) is 0 Å². The van der Waals surface area contributed by atoms with Crippen LogP contribution >= 0.6 is 46.4 Å². The van der Waals surface area contributed by atoms with E-state index in [1.54, 1.807) is 18.2 Å². The molecule has 0 aliphatic heterocycles. The van der Waals surface area contributed by atoms with E-state index in [1.165, 1.54) is 0 Å². The van der Waals surface area contributed by atoms with E-state index in [1.807, 2.05) is 54.6 Å². The maximum absolute atomic E-state index is 6.38. The Hall–Kier alpha value is -1.97. The minimum absolute atomic E-state index is 0.550. The zero-order valence-corrected chi connectivity index (χ0v) is 17.6. The average molecular weight is 448 g/mol. The molecule has 0 N–H and O–H groups in total. The SMILES string of the molecule is Clc1ccc(/C=C/c2nc3ccccc3n2Cc2cc(Cl)ccc2Cl)c(Cl)c1. The number of nitrogens with zero attached hydrogens (tertiary/aromatic N) is 2. The first kappa shape index (κ1) is 19.4. The highest BCUT2D eigenvalue weighted by Gasteiger charge is 2.11. The molecular formula is C22H14Cl4N2. The van der Waals surface area contributed by atoms with Gasteiger partial charge in [0.05, 0.1) is 17.6 Å². The van der Waals surface area contributed by atoms with Crippen molar-refractivity contribution in [1.82, 2.24) is 9.55 Å². The molecular weight excluding hydrogens is 434 g/mol. The Labute approximate surface area is 182 Å². The summed E-state index contributed by atoms with van der Waals surface area (Å²) in [6, 6.07) is 18.8. The Kier molecular flexibility index (Phi) is 5.65. The van der Waals surface area contributed by atoms with Crippen molar-refractivity contribution in [2.45, 2.75) is 6.54 Å². The third-order valence-corrected chi connectivity index (χ3v) is 5.56. The molecule has 1 heterocycles. The van der Waals surface area contributed by atoms with Crippen molar-refractivity contribution in [1.29, 1.82) is 0 Å². The van der Waals surface area contributed by atoms with Crippen molar-refractivity contribution in [3.63, 3.8) is 0 Å². The van der Waals surface area contributed by atoms with Gasteiger partial charge in [0.2, 0.25) is 0 Å². The van der Waals surface area contributed by atoms with Crippen LogP contribution in [0.15, 0.2) is 60.7 Å². The fourth-order valence-corrected chi connectivity index (χ4v) is 3.87. The Bertz CT molecular complexity index is 1190. The van der Waals surface area contributed by atoms with Crippen LogP contribution in [-0.2, 0) is 6.54 Å². The summed E-state index contributed by atoms with van der Waals surface area (Å²) in [5, 5.41) is 2.50. The van der Waals surface area contributed by atoms with Gasteiger partial charge >= 0.3 is 0 Å². The van der Waals surface area contributed by atoms with E-state index < -0.39 is 0 Å². The lowest BCUT2D eigenvalue weighted by Crippen LogP contribution is -2.03. The molecule has 140 valence electrons. The van der Waals surface area contributed by atoms with E-state index >= 15 is 0 Å². The van der Waals surface area contributed by atoms with Gasteiger partial charge in [0.25, 0.3) is 0 Å². The number of benzene rings is 3. The monoisotopic (exact) mass is 446 g/mol. The van der Waals surface area contributed by atoms with Crippen molar-refractivity contribution in [2.75, 3.05) is 0 Å². The van der Waals surface area contributed by atoms with Crippen LogP contribution in [0.4, 0.5) is 0 Å². The summed E-state index contributed by atoms with van der Waals surface area (Å²) in [7, 11) is 0. The van der Waals surface area contributed by atoms with Crippen LogP contribution in [0, 0.1) is 0 Å². The number of rotatable bonds is 4. The molecule has 2 nitrogen and oxygen atoms in total. The lowest BCUT2D eigenvalue weighted by Gasteiger charge is -2.10. The molecule has 28 heavy (non-hydrogen) atoms. The van der Waals surface area contributed by atoms with Crippen molar-refractivity contribution in [3.8, 4) is 0 Å². The summed E-state index contributed by atoms with van der Waals surface area (Å²) in [5.41, 5.74) is 3.71. The van der Waals surface area contributed by atoms with Crippen LogP contribution in [0.3, 0.4) is 0 Å². The van der Waals surface area contributed by atoms with Gasteiger partial charge in [-0.3, -0.25) is 0 Å². The minimum Gasteiger partial charge on any atom is -0.320 e. The number of hydrogen-bond donors (Lipinski definition) is 0. The second-order valence-electron chi connectivity index (χ2n) is 6.28. The number of para-hydroxylation sites is 2. The molecule has 0 saturated carbocycles. The average Bonchev–Trinajstić information content (AvgIpc) is 3.02. The van der Waals surface area contributed by atoms with Crippen LogP contribution < -0.4 is 0 Å². The zero-order valence-electron chi connectivity index (χ0n) is 14.5. The maximum atomic E-state index is 6.38.